The first kappa shape index (κ1) is 25.1. The predicted molar refractivity (Wildman–Crippen MR) is 131 cm³/mol. The molecule has 3 N–H and O–H groups in total. The number of ether oxygens (including phenoxy) is 2. The van der Waals surface area contributed by atoms with E-state index in [1.807, 2.05) is 6.92 Å². The number of methoxy groups -OCH3 is 2. The second kappa shape index (κ2) is 9.91. The second-order valence-corrected chi connectivity index (χ2v) is 10.1. The third-order valence-corrected chi connectivity index (χ3v) is 7.16. The van der Waals surface area contributed by atoms with E-state index < -0.39 is 21.4 Å². The predicted octanol–water partition coefficient (Wildman–Crippen LogP) is 1.95. The molecular formula is C22H26N8O5S. The van der Waals surface area contributed by atoms with Crippen molar-refractivity contribution in [3.63, 3.8) is 0 Å². The first-order valence-electron chi connectivity index (χ1n) is 10.8. The minimum absolute atomic E-state index is 0.0148. The molecule has 14 heteroatoms. The smallest absolute Gasteiger partial charge is 0.243 e. The van der Waals surface area contributed by atoms with Gasteiger partial charge in [-0.3, -0.25) is 14.4 Å². The number of rotatable bonds is 9. The Morgan fingerprint density at radius 2 is 1.72 bits per heavy atom. The standard InChI is InChI=1S/C22H26N8O5S/c1-12-10-23-20(24-11-12)19(31)14(3)36(32,33)29-22-28-27-21(15-9-13(2)25-26-15)30(22)18-16(34-4)7-6-8-17(18)35-5/h6-11,14,19,31H,1-5H3,(H,25,26)(H,28,29). The number of aliphatic hydroxyl groups is 1. The van der Waals surface area contributed by atoms with E-state index in [0.29, 0.717) is 22.9 Å². The lowest BCUT2D eigenvalue weighted by Crippen LogP contribution is -2.32. The Labute approximate surface area is 207 Å². The van der Waals surface area contributed by atoms with Crippen LogP contribution in [0.2, 0.25) is 0 Å². The molecule has 0 aliphatic heterocycles. The van der Waals surface area contributed by atoms with Crippen LogP contribution in [0.5, 0.6) is 11.5 Å². The van der Waals surface area contributed by atoms with Crippen molar-refractivity contribution in [1.82, 2.24) is 34.9 Å². The van der Waals surface area contributed by atoms with E-state index in [9.17, 15) is 13.5 Å². The number of nitrogens with one attached hydrogen (secondary N) is 2. The van der Waals surface area contributed by atoms with E-state index in [2.05, 4.69) is 35.1 Å². The highest BCUT2D eigenvalue weighted by Gasteiger charge is 2.34. The number of aromatic amines is 1. The van der Waals surface area contributed by atoms with Crippen molar-refractivity contribution in [3.05, 3.63) is 53.7 Å². The SMILES string of the molecule is COc1cccc(OC)c1-n1c(NS(=O)(=O)C(C)C(O)c2ncc(C)cn2)nnc1-c1cc(C)[nH]n1. The molecule has 3 heterocycles. The Kier molecular flexibility index (Phi) is 6.90. The molecule has 0 fully saturated rings. The van der Waals surface area contributed by atoms with Gasteiger partial charge in [0.2, 0.25) is 16.0 Å². The van der Waals surface area contributed by atoms with E-state index in [-0.39, 0.29) is 17.6 Å². The number of hydrogen-bond donors (Lipinski definition) is 3. The van der Waals surface area contributed by atoms with E-state index in [0.717, 1.165) is 11.3 Å². The number of aromatic nitrogens is 7. The number of hydrogen-bond acceptors (Lipinski definition) is 10. The fraction of sp³-hybridized carbons (Fsp3) is 0.318. The third-order valence-electron chi connectivity index (χ3n) is 5.46. The van der Waals surface area contributed by atoms with Gasteiger partial charge in [-0.05, 0) is 44.5 Å². The van der Waals surface area contributed by atoms with Gasteiger partial charge in [-0.1, -0.05) is 6.07 Å². The number of anilines is 1. The number of aliphatic hydroxyl groups excluding tert-OH is 1. The van der Waals surface area contributed by atoms with Gasteiger partial charge in [0.25, 0.3) is 0 Å². The van der Waals surface area contributed by atoms with E-state index >= 15 is 0 Å². The number of benzene rings is 1. The quantitative estimate of drug-likeness (QED) is 0.300. The Hall–Kier alpha value is -4.04. The monoisotopic (exact) mass is 514 g/mol. The molecule has 0 saturated heterocycles. The molecule has 0 aliphatic rings. The van der Waals surface area contributed by atoms with Crippen LogP contribution in [0.4, 0.5) is 5.95 Å². The number of sulfonamides is 1. The van der Waals surface area contributed by atoms with E-state index in [4.69, 9.17) is 9.47 Å². The van der Waals surface area contributed by atoms with Gasteiger partial charge in [0.05, 0.1) is 14.2 Å². The lowest BCUT2D eigenvalue weighted by atomic mass is 10.2. The van der Waals surface area contributed by atoms with Gasteiger partial charge >= 0.3 is 0 Å². The zero-order valence-corrected chi connectivity index (χ0v) is 21.1. The first-order valence-corrected chi connectivity index (χ1v) is 12.4. The van der Waals surface area contributed by atoms with Gasteiger partial charge in [0, 0.05) is 18.1 Å². The van der Waals surface area contributed by atoms with Crippen LogP contribution in [-0.2, 0) is 10.0 Å². The highest BCUT2D eigenvalue weighted by Crippen LogP contribution is 2.37. The first-order chi connectivity index (χ1) is 17.2. The molecule has 2 atom stereocenters. The summed E-state index contributed by atoms with van der Waals surface area (Å²) in [5, 5.41) is 24.7. The summed E-state index contributed by atoms with van der Waals surface area (Å²) in [5.41, 5.74) is 2.32. The average molecular weight is 515 g/mol. The highest BCUT2D eigenvalue weighted by atomic mass is 32.2. The van der Waals surface area contributed by atoms with E-state index in [1.165, 1.54) is 38.1 Å². The maximum absolute atomic E-state index is 13.3. The molecule has 13 nitrogen and oxygen atoms in total. The Balaban J connectivity index is 1.81. The van der Waals surface area contributed by atoms with Gasteiger partial charge < -0.3 is 14.6 Å². The molecule has 0 spiro atoms. The van der Waals surface area contributed by atoms with Crippen LogP contribution in [0, 0.1) is 13.8 Å². The summed E-state index contributed by atoms with van der Waals surface area (Å²) < 4.78 is 41.6. The van der Waals surface area contributed by atoms with Crippen LogP contribution in [0.15, 0.2) is 36.7 Å². The molecule has 0 radical (unpaired) electrons. The normalized spacial score (nSPS) is 13.3. The molecule has 4 rings (SSSR count). The fourth-order valence-electron chi connectivity index (χ4n) is 3.47. The Bertz CT molecular complexity index is 1440. The topological polar surface area (TPSA) is 170 Å². The minimum atomic E-state index is -4.22. The van der Waals surface area contributed by atoms with Gasteiger partial charge in [-0.15, -0.1) is 10.2 Å². The number of H-pyrrole nitrogens is 1. The molecule has 0 aliphatic carbocycles. The summed E-state index contributed by atoms with van der Waals surface area (Å²) in [6.45, 7) is 4.95. The zero-order chi connectivity index (χ0) is 26.0. The fourth-order valence-corrected chi connectivity index (χ4v) is 4.50. The molecule has 0 amide bonds. The van der Waals surface area contributed by atoms with Crippen LogP contribution < -0.4 is 14.2 Å². The van der Waals surface area contributed by atoms with Crippen molar-refractivity contribution in [2.24, 2.45) is 0 Å². The molecule has 1 aromatic carbocycles. The largest absolute Gasteiger partial charge is 0.494 e. The van der Waals surface area contributed by atoms with Crippen LogP contribution in [0.25, 0.3) is 17.2 Å². The van der Waals surface area contributed by atoms with E-state index in [1.54, 1.807) is 31.2 Å². The second-order valence-electron chi connectivity index (χ2n) is 8.05. The highest BCUT2D eigenvalue weighted by molar-refractivity contribution is 7.93. The summed E-state index contributed by atoms with van der Waals surface area (Å²) >= 11 is 0. The molecule has 3 aromatic heterocycles. The van der Waals surface area contributed by atoms with Crippen molar-refractivity contribution in [3.8, 4) is 28.7 Å². The number of para-hydroxylation sites is 1. The molecular weight excluding hydrogens is 488 g/mol. The summed E-state index contributed by atoms with van der Waals surface area (Å²) in [4.78, 5) is 8.09. The maximum atomic E-state index is 13.3. The van der Waals surface area contributed by atoms with Crippen LogP contribution in [-0.4, -0.2) is 67.9 Å². The van der Waals surface area contributed by atoms with Crippen LogP contribution in [0.3, 0.4) is 0 Å². The molecule has 0 bridgehead atoms. The molecule has 36 heavy (non-hydrogen) atoms. The number of nitrogens with zero attached hydrogens (tertiary/aromatic N) is 6. The lowest BCUT2D eigenvalue weighted by molar-refractivity contribution is 0.166. The lowest BCUT2D eigenvalue weighted by Gasteiger charge is -2.20. The van der Waals surface area contributed by atoms with Crippen LogP contribution >= 0.6 is 0 Å². The van der Waals surface area contributed by atoms with Gasteiger partial charge in [0.15, 0.2) is 11.6 Å². The third kappa shape index (κ3) is 4.72. The van der Waals surface area contributed by atoms with Crippen molar-refractivity contribution in [2.75, 3.05) is 18.9 Å². The van der Waals surface area contributed by atoms with Crippen molar-refractivity contribution in [2.45, 2.75) is 32.1 Å². The molecule has 4 aromatic rings. The summed E-state index contributed by atoms with van der Waals surface area (Å²) in [6.07, 6.45) is 1.51. The van der Waals surface area contributed by atoms with Crippen molar-refractivity contribution < 1.29 is 23.0 Å². The van der Waals surface area contributed by atoms with Crippen LogP contribution in [0.1, 0.15) is 30.1 Å². The van der Waals surface area contributed by atoms with Crippen molar-refractivity contribution in [1.29, 1.82) is 0 Å². The summed E-state index contributed by atoms with van der Waals surface area (Å²) in [5.74, 6) is 0.819. The molecule has 0 saturated carbocycles. The Morgan fingerprint density at radius 3 is 2.28 bits per heavy atom. The molecule has 2 unspecified atom stereocenters. The van der Waals surface area contributed by atoms with Gasteiger partial charge in [-0.25, -0.2) is 18.4 Å². The van der Waals surface area contributed by atoms with Gasteiger partial charge in [0.1, 0.15) is 34.2 Å². The average Bonchev–Trinajstić information content (AvgIpc) is 3.48. The zero-order valence-electron chi connectivity index (χ0n) is 20.3. The summed E-state index contributed by atoms with van der Waals surface area (Å²) in [7, 11) is -1.26. The minimum Gasteiger partial charge on any atom is -0.494 e. The van der Waals surface area contributed by atoms with Gasteiger partial charge in [-0.2, -0.15) is 5.10 Å². The Morgan fingerprint density at radius 1 is 1.08 bits per heavy atom. The maximum Gasteiger partial charge on any atom is 0.243 e. The summed E-state index contributed by atoms with van der Waals surface area (Å²) in [6, 6.07) is 6.85. The van der Waals surface area contributed by atoms with Crippen molar-refractivity contribution >= 4 is 16.0 Å². The molecule has 190 valence electrons. The number of aryl methyl sites for hydroxylation is 2.